The first-order chi connectivity index (χ1) is 18.3. The van der Waals surface area contributed by atoms with E-state index in [1.807, 2.05) is 0 Å². The van der Waals surface area contributed by atoms with Crippen LogP contribution in [0.4, 0.5) is 0 Å². The summed E-state index contributed by atoms with van der Waals surface area (Å²) in [4.78, 5) is 24.2. The van der Waals surface area contributed by atoms with Gasteiger partial charge >= 0.3 is 11.9 Å². The van der Waals surface area contributed by atoms with Crippen LogP contribution in [0.1, 0.15) is 17.5 Å². The fourth-order valence-electron chi connectivity index (χ4n) is 2.98. The molecule has 1 N–H and O–H groups in total. The van der Waals surface area contributed by atoms with Crippen LogP contribution in [-0.2, 0) is 23.8 Å². The lowest BCUT2D eigenvalue weighted by Gasteiger charge is -2.08. The van der Waals surface area contributed by atoms with Gasteiger partial charge in [0.1, 0.15) is 24.3 Å². The van der Waals surface area contributed by atoms with Crippen LogP contribution in [0.5, 0.6) is 23.0 Å². The van der Waals surface area contributed by atoms with Crippen molar-refractivity contribution in [2.75, 3.05) is 41.2 Å². The summed E-state index contributed by atoms with van der Waals surface area (Å²) >= 11 is 0. The molecular weight excluding hydrogens is 496 g/mol. The van der Waals surface area contributed by atoms with E-state index in [1.165, 1.54) is 45.6 Å². The molecule has 0 atom stereocenters. The van der Waals surface area contributed by atoms with E-state index in [1.54, 1.807) is 36.4 Å². The second kappa shape index (κ2) is 15.2. The number of aromatic hydroxyl groups is 1. The summed E-state index contributed by atoms with van der Waals surface area (Å²) in [6.07, 6.45) is 2.48. The van der Waals surface area contributed by atoms with Gasteiger partial charge in [-0.2, -0.15) is 10.5 Å². The van der Waals surface area contributed by atoms with E-state index in [-0.39, 0.29) is 49.1 Å². The summed E-state index contributed by atoms with van der Waals surface area (Å²) in [7, 11) is 4.37. The highest BCUT2D eigenvalue weighted by Gasteiger charge is 2.13. The van der Waals surface area contributed by atoms with E-state index in [2.05, 4.69) is 0 Å². The molecule has 0 aromatic heterocycles. The zero-order chi connectivity index (χ0) is 27.9. The molecule has 2 aromatic carbocycles. The summed E-state index contributed by atoms with van der Waals surface area (Å²) in [5, 5.41) is 28.3. The molecule has 0 spiro atoms. The van der Waals surface area contributed by atoms with Crippen molar-refractivity contribution >= 4 is 24.1 Å². The summed E-state index contributed by atoms with van der Waals surface area (Å²) in [6.45, 7) is -0.228. The molecule has 0 saturated heterocycles. The molecule has 0 aliphatic heterocycles. The molecule has 2 rings (SSSR count). The Morgan fingerprint density at radius 1 is 0.842 bits per heavy atom. The van der Waals surface area contributed by atoms with Crippen LogP contribution in [0.2, 0.25) is 0 Å². The fraction of sp³-hybridized carbons (Fsp3) is 0.259. The molecule has 0 bridgehead atoms. The molecule has 0 aliphatic rings. The standard InChI is InChI=1S/C27H26N2O9/c1-33-23-6-4-19(14-22(23)30)13-21(17-29)38-26(31)8-9-36-10-11-37-27(32)20(16-28)12-18-5-7-24(34-2)25(15-18)35-3/h4-7,12-15,30H,8-11H2,1-3H3/b20-12-,21-13-. The van der Waals surface area contributed by atoms with Crippen molar-refractivity contribution in [3.05, 3.63) is 58.9 Å². The molecule has 11 nitrogen and oxygen atoms in total. The van der Waals surface area contributed by atoms with Gasteiger partial charge < -0.3 is 33.5 Å². The van der Waals surface area contributed by atoms with E-state index < -0.39 is 11.9 Å². The van der Waals surface area contributed by atoms with Gasteiger partial charge in [0, 0.05) is 0 Å². The van der Waals surface area contributed by atoms with Crippen LogP contribution in [0, 0.1) is 22.7 Å². The van der Waals surface area contributed by atoms with Crippen molar-refractivity contribution in [3.8, 4) is 35.1 Å². The van der Waals surface area contributed by atoms with Crippen LogP contribution in [0.3, 0.4) is 0 Å². The lowest BCUT2D eigenvalue weighted by molar-refractivity contribution is -0.142. The number of hydrogen-bond acceptors (Lipinski definition) is 11. The Labute approximate surface area is 219 Å². The van der Waals surface area contributed by atoms with Gasteiger partial charge in [-0.15, -0.1) is 0 Å². The predicted molar refractivity (Wildman–Crippen MR) is 134 cm³/mol. The van der Waals surface area contributed by atoms with Gasteiger partial charge in [0.2, 0.25) is 5.76 Å². The van der Waals surface area contributed by atoms with Crippen LogP contribution in [-0.4, -0.2) is 58.2 Å². The first kappa shape index (κ1) is 29.2. The van der Waals surface area contributed by atoms with Crippen LogP contribution in [0.15, 0.2) is 47.7 Å². The van der Waals surface area contributed by atoms with Gasteiger partial charge in [-0.1, -0.05) is 12.1 Å². The minimum Gasteiger partial charge on any atom is -0.504 e. The van der Waals surface area contributed by atoms with E-state index in [4.69, 9.17) is 28.4 Å². The van der Waals surface area contributed by atoms with Crippen molar-refractivity contribution in [1.29, 1.82) is 10.5 Å². The number of esters is 2. The maximum absolute atomic E-state index is 12.2. The molecular formula is C27H26N2O9. The third kappa shape index (κ3) is 8.90. The normalized spacial score (nSPS) is 11.1. The summed E-state index contributed by atoms with van der Waals surface area (Å²) in [5.74, 6) is -0.731. The predicted octanol–water partition coefficient (Wildman–Crippen LogP) is 3.38. The summed E-state index contributed by atoms with van der Waals surface area (Å²) < 4.78 is 30.6. The summed E-state index contributed by atoms with van der Waals surface area (Å²) in [5.41, 5.74) is 0.755. The van der Waals surface area contributed by atoms with Gasteiger partial charge in [0.05, 0.1) is 41.0 Å². The fourth-order valence-corrected chi connectivity index (χ4v) is 2.98. The van der Waals surface area contributed by atoms with Crippen LogP contribution >= 0.6 is 0 Å². The molecule has 198 valence electrons. The molecule has 2 aromatic rings. The maximum atomic E-state index is 12.2. The number of ether oxygens (including phenoxy) is 6. The zero-order valence-corrected chi connectivity index (χ0v) is 21.1. The number of allylic oxidation sites excluding steroid dienone is 1. The van der Waals surface area contributed by atoms with E-state index in [0.717, 1.165) is 0 Å². The van der Waals surface area contributed by atoms with Gasteiger partial charge in [0.25, 0.3) is 0 Å². The highest BCUT2D eigenvalue weighted by molar-refractivity contribution is 5.98. The Bertz CT molecular complexity index is 1290. The van der Waals surface area contributed by atoms with E-state index in [9.17, 15) is 25.2 Å². The highest BCUT2D eigenvalue weighted by Crippen LogP contribution is 2.29. The minimum atomic E-state index is -0.835. The molecule has 0 amide bonds. The van der Waals surface area contributed by atoms with Gasteiger partial charge in [-0.05, 0) is 47.5 Å². The first-order valence-electron chi connectivity index (χ1n) is 11.1. The van der Waals surface area contributed by atoms with Crippen molar-refractivity contribution < 1.29 is 43.1 Å². The Kier molecular flexibility index (Phi) is 11.7. The average molecular weight is 523 g/mol. The Hall–Kier alpha value is -5.00. The third-order valence-electron chi connectivity index (χ3n) is 4.80. The number of carbonyl (C=O) groups excluding carboxylic acids is 2. The Morgan fingerprint density at radius 3 is 2.11 bits per heavy atom. The SMILES string of the molecule is COc1ccc(/C=C(/C#N)OC(=O)CCOCCOC(=O)/C(C#N)=C\c2ccc(OC)c(OC)c2)cc1O. The second-order valence-corrected chi connectivity index (χ2v) is 7.31. The molecule has 38 heavy (non-hydrogen) atoms. The van der Waals surface area contributed by atoms with Gasteiger partial charge in [0.15, 0.2) is 23.0 Å². The van der Waals surface area contributed by atoms with Crippen molar-refractivity contribution in [3.63, 3.8) is 0 Å². The Balaban J connectivity index is 1.77. The van der Waals surface area contributed by atoms with Crippen molar-refractivity contribution in [2.24, 2.45) is 0 Å². The molecule has 0 heterocycles. The minimum absolute atomic E-state index is 0.0276. The number of nitriles is 2. The topological polar surface area (TPSA) is 157 Å². The maximum Gasteiger partial charge on any atom is 0.348 e. The Morgan fingerprint density at radius 2 is 1.50 bits per heavy atom. The number of rotatable bonds is 13. The van der Waals surface area contributed by atoms with E-state index in [0.29, 0.717) is 22.6 Å². The highest BCUT2D eigenvalue weighted by atomic mass is 16.6. The number of hydrogen-bond donors (Lipinski definition) is 1. The number of carbonyl (C=O) groups is 2. The summed E-state index contributed by atoms with van der Waals surface area (Å²) in [6, 6.07) is 12.9. The molecule has 0 aliphatic carbocycles. The van der Waals surface area contributed by atoms with E-state index >= 15 is 0 Å². The average Bonchev–Trinajstić information content (AvgIpc) is 2.92. The number of phenols is 1. The number of phenolic OH excluding ortho intramolecular Hbond substituents is 1. The van der Waals surface area contributed by atoms with Gasteiger partial charge in [-0.25, -0.2) is 4.79 Å². The lowest BCUT2D eigenvalue weighted by atomic mass is 10.1. The van der Waals surface area contributed by atoms with Crippen molar-refractivity contribution in [2.45, 2.75) is 6.42 Å². The molecule has 0 unspecified atom stereocenters. The monoisotopic (exact) mass is 522 g/mol. The smallest absolute Gasteiger partial charge is 0.348 e. The number of benzene rings is 2. The third-order valence-corrected chi connectivity index (χ3v) is 4.80. The lowest BCUT2D eigenvalue weighted by Crippen LogP contribution is -2.14. The molecule has 0 fully saturated rings. The number of methoxy groups -OCH3 is 3. The first-order valence-corrected chi connectivity index (χ1v) is 11.1. The largest absolute Gasteiger partial charge is 0.504 e. The van der Waals surface area contributed by atoms with Crippen LogP contribution in [0.25, 0.3) is 12.2 Å². The molecule has 11 heteroatoms. The quantitative estimate of drug-likeness (QED) is 0.135. The van der Waals surface area contributed by atoms with Crippen LogP contribution < -0.4 is 14.2 Å². The van der Waals surface area contributed by atoms with Crippen molar-refractivity contribution in [1.82, 2.24) is 0 Å². The second-order valence-electron chi connectivity index (χ2n) is 7.31. The zero-order valence-electron chi connectivity index (χ0n) is 21.1. The molecule has 0 saturated carbocycles. The number of nitrogens with zero attached hydrogens (tertiary/aromatic N) is 2. The van der Waals surface area contributed by atoms with Gasteiger partial charge in [-0.3, -0.25) is 4.79 Å². The molecule has 0 radical (unpaired) electrons.